The van der Waals surface area contributed by atoms with Crippen molar-refractivity contribution < 1.29 is 9.53 Å². The zero-order valence-corrected chi connectivity index (χ0v) is 12.1. The Hall–Kier alpha value is -0.810. The van der Waals surface area contributed by atoms with Crippen LogP contribution in [0, 0.1) is 5.92 Å². The number of hydrogen-bond donors (Lipinski definition) is 1. The number of piperidine rings is 1. The van der Waals surface area contributed by atoms with Crippen LogP contribution in [0.5, 0.6) is 0 Å². The standard InChI is InChI=1S/C13H27N3O2/c1-5-16-8-6-12(11(2)10-16)15(3)13(17)14-7-9-18-4/h11-12H,5-10H2,1-4H3,(H,14,17)/t11-,12-/m0/s1. The van der Waals surface area contributed by atoms with Crippen molar-refractivity contribution in [2.45, 2.75) is 26.3 Å². The van der Waals surface area contributed by atoms with Gasteiger partial charge in [0.2, 0.25) is 0 Å². The molecule has 1 aliphatic rings. The van der Waals surface area contributed by atoms with Gasteiger partial charge < -0.3 is 19.9 Å². The minimum atomic E-state index is 0.00819. The lowest BCUT2D eigenvalue weighted by Gasteiger charge is -2.40. The first kappa shape index (κ1) is 15.2. The molecule has 1 fully saturated rings. The van der Waals surface area contributed by atoms with Gasteiger partial charge in [0, 0.05) is 39.8 Å². The van der Waals surface area contributed by atoms with E-state index in [9.17, 15) is 4.79 Å². The molecule has 0 unspecified atom stereocenters. The summed E-state index contributed by atoms with van der Waals surface area (Å²) in [5, 5.41) is 2.87. The van der Waals surface area contributed by atoms with Crippen molar-refractivity contribution in [3.8, 4) is 0 Å². The third-order valence-corrected chi connectivity index (χ3v) is 3.79. The van der Waals surface area contributed by atoms with E-state index in [4.69, 9.17) is 4.74 Å². The number of carbonyl (C=O) groups excluding carboxylic acids is 1. The smallest absolute Gasteiger partial charge is 0.317 e. The largest absolute Gasteiger partial charge is 0.383 e. The van der Waals surface area contributed by atoms with Crippen molar-refractivity contribution in [1.82, 2.24) is 15.1 Å². The summed E-state index contributed by atoms with van der Waals surface area (Å²) in [6, 6.07) is 0.351. The molecular weight excluding hydrogens is 230 g/mol. The van der Waals surface area contributed by atoms with Crippen LogP contribution in [-0.4, -0.2) is 68.8 Å². The molecule has 1 aliphatic heterocycles. The van der Waals surface area contributed by atoms with Crippen LogP contribution in [-0.2, 0) is 4.74 Å². The predicted octanol–water partition coefficient (Wildman–Crippen LogP) is 1.00. The molecule has 1 saturated heterocycles. The van der Waals surface area contributed by atoms with Gasteiger partial charge in [-0.2, -0.15) is 0 Å². The van der Waals surface area contributed by atoms with Crippen molar-refractivity contribution in [2.75, 3.05) is 46.9 Å². The molecule has 1 heterocycles. The maximum absolute atomic E-state index is 12.0. The monoisotopic (exact) mass is 257 g/mol. The van der Waals surface area contributed by atoms with Gasteiger partial charge in [0.15, 0.2) is 0 Å². The Morgan fingerprint density at radius 1 is 1.56 bits per heavy atom. The Morgan fingerprint density at radius 2 is 2.28 bits per heavy atom. The lowest BCUT2D eigenvalue weighted by Crippen LogP contribution is -2.53. The van der Waals surface area contributed by atoms with Gasteiger partial charge in [-0.15, -0.1) is 0 Å². The van der Waals surface area contributed by atoms with Gasteiger partial charge in [-0.25, -0.2) is 4.79 Å². The van der Waals surface area contributed by atoms with E-state index < -0.39 is 0 Å². The summed E-state index contributed by atoms with van der Waals surface area (Å²) in [4.78, 5) is 16.3. The van der Waals surface area contributed by atoms with Crippen molar-refractivity contribution in [2.24, 2.45) is 5.92 Å². The van der Waals surface area contributed by atoms with Crippen LogP contribution in [0.2, 0.25) is 0 Å². The Morgan fingerprint density at radius 3 is 2.83 bits per heavy atom. The van der Waals surface area contributed by atoms with Gasteiger partial charge in [-0.3, -0.25) is 0 Å². The molecule has 5 heteroatoms. The number of methoxy groups -OCH3 is 1. The zero-order chi connectivity index (χ0) is 13.5. The van der Waals surface area contributed by atoms with Crippen LogP contribution in [0.25, 0.3) is 0 Å². The molecule has 0 aromatic rings. The topological polar surface area (TPSA) is 44.8 Å². The predicted molar refractivity (Wildman–Crippen MR) is 72.7 cm³/mol. The van der Waals surface area contributed by atoms with E-state index in [0.717, 1.165) is 26.1 Å². The van der Waals surface area contributed by atoms with Crippen molar-refractivity contribution >= 4 is 6.03 Å². The number of nitrogens with one attached hydrogen (secondary N) is 1. The SMILES string of the molecule is CCN1CC[C@H](N(C)C(=O)NCCOC)[C@@H](C)C1. The second-order valence-electron chi connectivity index (χ2n) is 5.06. The van der Waals surface area contributed by atoms with Crippen molar-refractivity contribution in [1.29, 1.82) is 0 Å². The highest BCUT2D eigenvalue weighted by Gasteiger charge is 2.30. The summed E-state index contributed by atoms with van der Waals surface area (Å²) in [7, 11) is 3.53. The molecule has 106 valence electrons. The first-order valence-corrected chi connectivity index (χ1v) is 6.82. The van der Waals surface area contributed by atoms with E-state index in [1.807, 2.05) is 11.9 Å². The molecule has 0 aliphatic carbocycles. The van der Waals surface area contributed by atoms with Crippen LogP contribution in [0.3, 0.4) is 0 Å². The third-order valence-electron chi connectivity index (χ3n) is 3.79. The molecule has 0 aromatic heterocycles. The van der Waals surface area contributed by atoms with E-state index in [1.54, 1.807) is 7.11 Å². The maximum Gasteiger partial charge on any atom is 0.317 e. The Balaban J connectivity index is 2.41. The zero-order valence-electron chi connectivity index (χ0n) is 12.1. The minimum absolute atomic E-state index is 0.00819. The second-order valence-corrected chi connectivity index (χ2v) is 5.06. The van der Waals surface area contributed by atoms with Gasteiger partial charge in [0.05, 0.1) is 6.61 Å². The number of nitrogens with zero attached hydrogens (tertiary/aromatic N) is 2. The molecule has 18 heavy (non-hydrogen) atoms. The Bertz CT molecular complexity index is 261. The van der Waals surface area contributed by atoms with Crippen LogP contribution in [0.15, 0.2) is 0 Å². The normalized spacial score (nSPS) is 24.9. The van der Waals surface area contributed by atoms with E-state index in [2.05, 4.69) is 24.1 Å². The number of ether oxygens (including phenoxy) is 1. The fraction of sp³-hybridized carbons (Fsp3) is 0.923. The van der Waals surface area contributed by atoms with Crippen LogP contribution < -0.4 is 5.32 Å². The van der Waals surface area contributed by atoms with Gasteiger partial charge in [-0.1, -0.05) is 13.8 Å². The van der Waals surface area contributed by atoms with Gasteiger partial charge in [-0.05, 0) is 18.9 Å². The maximum atomic E-state index is 12.0. The average Bonchev–Trinajstić information content (AvgIpc) is 2.38. The molecule has 1 rings (SSSR count). The highest BCUT2D eigenvalue weighted by Crippen LogP contribution is 2.20. The van der Waals surface area contributed by atoms with Crippen molar-refractivity contribution in [3.05, 3.63) is 0 Å². The molecule has 0 aromatic carbocycles. The van der Waals surface area contributed by atoms with E-state index in [1.165, 1.54) is 0 Å². The molecule has 2 atom stereocenters. The highest BCUT2D eigenvalue weighted by atomic mass is 16.5. The second kappa shape index (κ2) is 7.59. The molecule has 0 radical (unpaired) electrons. The number of carbonyl (C=O) groups is 1. The summed E-state index contributed by atoms with van der Waals surface area (Å²) in [5.74, 6) is 0.525. The van der Waals surface area contributed by atoms with E-state index in [-0.39, 0.29) is 6.03 Å². The number of amides is 2. The Kier molecular flexibility index (Phi) is 6.43. The van der Waals surface area contributed by atoms with Crippen LogP contribution in [0.1, 0.15) is 20.3 Å². The van der Waals surface area contributed by atoms with Crippen LogP contribution >= 0.6 is 0 Å². The fourth-order valence-electron chi connectivity index (χ4n) is 2.62. The lowest BCUT2D eigenvalue weighted by atomic mass is 9.93. The first-order valence-electron chi connectivity index (χ1n) is 6.82. The average molecular weight is 257 g/mol. The number of rotatable bonds is 5. The third kappa shape index (κ3) is 4.14. The molecule has 0 saturated carbocycles. The molecule has 0 spiro atoms. The first-order chi connectivity index (χ1) is 8.60. The molecular formula is C13H27N3O2. The molecule has 5 nitrogen and oxygen atoms in total. The molecule has 2 amide bonds. The summed E-state index contributed by atoms with van der Waals surface area (Å²) < 4.78 is 4.93. The van der Waals surface area contributed by atoms with E-state index >= 15 is 0 Å². The van der Waals surface area contributed by atoms with Crippen molar-refractivity contribution in [3.63, 3.8) is 0 Å². The quantitative estimate of drug-likeness (QED) is 0.748. The van der Waals surface area contributed by atoms with Gasteiger partial charge in [0.25, 0.3) is 0 Å². The summed E-state index contributed by atoms with van der Waals surface area (Å²) >= 11 is 0. The minimum Gasteiger partial charge on any atom is -0.383 e. The number of urea groups is 1. The molecule has 1 N–H and O–H groups in total. The lowest BCUT2D eigenvalue weighted by molar-refractivity contribution is 0.0952. The summed E-state index contributed by atoms with van der Waals surface area (Å²) in [6.07, 6.45) is 1.06. The Labute approximate surface area is 110 Å². The summed E-state index contributed by atoms with van der Waals surface area (Å²) in [5.41, 5.74) is 0. The molecule has 0 bridgehead atoms. The highest BCUT2D eigenvalue weighted by molar-refractivity contribution is 5.74. The van der Waals surface area contributed by atoms with Gasteiger partial charge in [0.1, 0.15) is 0 Å². The van der Waals surface area contributed by atoms with Crippen LogP contribution in [0.4, 0.5) is 4.79 Å². The number of likely N-dealkylation sites (tertiary alicyclic amines) is 1. The fourth-order valence-corrected chi connectivity index (χ4v) is 2.62. The van der Waals surface area contributed by atoms with E-state index in [0.29, 0.717) is 25.1 Å². The summed E-state index contributed by atoms with van der Waals surface area (Å²) in [6.45, 7) is 8.81. The number of hydrogen-bond acceptors (Lipinski definition) is 3. The van der Waals surface area contributed by atoms with Gasteiger partial charge >= 0.3 is 6.03 Å².